The third kappa shape index (κ3) is 5.94. The van der Waals surface area contributed by atoms with Gasteiger partial charge in [0.2, 0.25) is 0 Å². The minimum Gasteiger partial charge on any atom is -0.455 e. The van der Waals surface area contributed by atoms with Gasteiger partial charge in [-0.05, 0) is 30.7 Å². The van der Waals surface area contributed by atoms with Crippen molar-refractivity contribution in [2.75, 3.05) is 6.61 Å². The second-order valence-corrected chi connectivity index (χ2v) is 6.33. The Kier molecular flexibility index (Phi) is 6.64. The van der Waals surface area contributed by atoms with E-state index in [2.05, 4.69) is 21.2 Å². The highest BCUT2D eigenvalue weighted by molar-refractivity contribution is 9.10. The average molecular weight is 412 g/mol. The fourth-order valence-electron chi connectivity index (χ4n) is 2.18. The molecule has 0 aliphatic rings. The number of hydrogen-bond donors (Lipinski definition) is 1. The first-order chi connectivity index (χ1) is 11.8. The van der Waals surface area contributed by atoms with E-state index in [4.69, 9.17) is 4.74 Å². The Morgan fingerprint density at radius 3 is 2.48 bits per heavy atom. The summed E-state index contributed by atoms with van der Waals surface area (Å²) in [6.07, 6.45) is 0.0443. The summed E-state index contributed by atoms with van der Waals surface area (Å²) in [5.74, 6) is -2.56. The van der Waals surface area contributed by atoms with Crippen LogP contribution in [-0.2, 0) is 20.7 Å². The number of benzene rings is 2. The molecule has 2 aromatic rings. The fraction of sp³-hybridized carbons (Fsp3) is 0.222. The summed E-state index contributed by atoms with van der Waals surface area (Å²) >= 11 is 3.30. The predicted octanol–water partition coefficient (Wildman–Crippen LogP) is 3.69. The molecule has 0 heterocycles. The summed E-state index contributed by atoms with van der Waals surface area (Å²) < 4.78 is 32.4. The smallest absolute Gasteiger partial charge is 0.310 e. The van der Waals surface area contributed by atoms with Crippen LogP contribution in [0.4, 0.5) is 8.78 Å². The highest BCUT2D eigenvalue weighted by atomic mass is 79.9. The summed E-state index contributed by atoms with van der Waals surface area (Å²) in [4.78, 5) is 23.5. The zero-order valence-electron chi connectivity index (χ0n) is 13.4. The van der Waals surface area contributed by atoms with Gasteiger partial charge in [0.25, 0.3) is 5.91 Å². The lowest BCUT2D eigenvalue weighted by atomic mass is 10.1. The van der Waals surface area contributed by atoms with Gasteiger partial charge >= 0.3 is 5.97 Å². The van der Waals surface area contributed by atoms with Gasteiger partial charge < -0.3 is 10.1 Å². The largest absolute Gasteiger partial charge is 0.455 e. The van der Waals surface area contributed by atoms with Crippen LogP contribution < -0.4 is 5.32 Å². The second kappa shape index (κ2) is 8.71. The maximum absolute atomic E-state index is 13.7. The molecule has 7 heteroatoms. The van der Waals surface area contributed by atoms with Gasteiger partial charge in [0.05, 0.1) is 12.5 Å². The van der Waals surface area contributed by atoms with Crippen LogP contribution in [0.25, 0.3) is 0 Å². The van der Waals surface area contributed by atoms with E-state index in [1.807, 2.05) is 0 Å². The molecular weight excluding hydrogens is 396 g/mol. The van der Waals surface area contributed by atoms with Crippen molar-refractivity contribution in [2.45, 2.75) is 19.4 Å². The van der Waals surface area contributed by atoms with Gasteiger partial charge in [-0.1, -0.05) is 34.1 Å². The number of amides is 1. The highest BCUT2D eigenvalue weighted by Crippen LogP contribution is 2.17. The van der Waals surface area contributed by atoms with Crippen molar-refractivity contribution in [1.82, 2.24) is 5.32 Å². The van der Waals surface area contributed by atoms with Gasteiger partial charge in [-0.2, -0.15) is 0 Å². The molecule has 0 fully saturated rings. The van der Waals surface area contributed by atoms with Crippen molar-refractivity contribution in [3.63, 3.8) is 0 Å². The van der Waals surface area contributed by atoms with Crippen molar-refractivity contribution >= 4 is 27.8 Å². The molecule has 132 valence electrons. The Morgan fingerprint density at radius 2 is 1.84 bits per heavy atom. The number of hydrogen-bond acceptors (Lipinski definition) is 3. The Labute approximate surface area is 152 Å². The molecule has 0 unspecified atom stereocenters. The van der Waals surface area contributed by atoms with E-state index in [0.29, 0.717) is 0 Å². The van der Waals surface area contributed by atoms with Gasteiger partial charge in [0.15, 0.2) is 6.61 Å². The van der Waals surface area contributed by atoms with E-state index in [1.54, 1.807) is 31.2 Å². The predicted molar refractivity (Wildman–Crippen MR) is 91.7 cm³/mol. The maximum atomic E-state index is 13.7. The zero-order valence-corrected chi connectivity index (χ0v) is 15.0. The molecule has 2 aromatic carbocycles. The summed E-state index contributed by atoms with van der Waals surface area (Å²) in [5, 5.41) is 2.50. The van der Waals surface area contributed by atoms with Gasteiger partial charge in [-0.3, -0.25) is 9.59 Å². The number of halogens is 3. The summed E-state index contributed by atoms with van der Waals surface area (Å²) in [6, 6.07) is 9.57. The standard InChI is InChI=1S/C18H16BrF2NO3/c1-11(15-7-6-14(20)9-16(15)21)22-17(23)10-25-18(24)8-12-2-4-13(19)5-3-12/h2-7,9,11H,8,10H2,1H3,(H,22,23)/t11-/m1/s1. The molecule has 0 spiro atoms. The van der Waals surface area contributed by atoms with E-state index in [0.717, 1.165) is 22.2 Å². The molecule has 25 heavy (non-hydrogen) atoms. The van der Waals surface area contributed by atoms with Crippen LogP contribution in [0.1, 0.15) is 24.1 Å². The lowest BCUT2D eigenvalue weighted by molar-refractivity contribution is -0.148. The molecular formula is C18H16BrF2NO3. The van der Waals surface area contributed by atoms with E-state index < -0.39 is 36.2 Å². The van der Waals surface area contributed by atoms with Crippen molar-refractivity contribution in [2.24, 2.45) is 0 Å². The van der Waals surface area contributed by atoms with Gasteiger partial charge in [-0.25, -0.2) is 8.78 Å². The Balaban J connectivity index is 1.81. The molecule has 0 aromatic heterocycles. The van der Waals surface area contributed by atoms with Crippen molar-refractivity contribution < 1.29 is 23.1 Å². The Hall–Kier alpha value is -2.28. The number of ether oxygens (including phenoxy) is 1. The van der Waals surface area contributed by atoms with Crippen LogP contribution in [0.5, 0.6) is 0 Å². The first-order valence-corrected chi connectivity index (χ1v) is 8.29. The molecule has 1 atom stereocenters. The molecule has 0 saturated heterocycles. The Morgan fingerprint density at radius 1 is 1.16 bits per heavy atom. The summed E-state index contributed by atoms with van der Waals surface area (Å²) in [6.45, 7) is 1.08. The molecule has 0 bridgehead atoms. The molecule has 4 nitrogen and oxygen atoms in total. The minimum absolute atomic E-state index is 0.0443. The van der Waals surface area contributed by atoms with Crippen molar-refractivity contribution in [1.29, 1.82) is 0 Å². The fourth-order valence-corrected chi connectivity index (χ4v) is 2.44. The molecule has 0 saturated carbocycles. The number of carbonyl (C=O) groups is 2. The quantitative estimate of drug-likeness (QED) is 0.737. The van der Waals surface area contributed by atoms with E-state index in [9.17, 15) is 18.4 Å². The van der Waals surface area contributed by atoms with Crippen LogP contribution in [0.3, 0.4) is 0 Å². The lowest BCUT2D eigenvalue weighted by Gasteiger charge is -2.15. The number of carbonyl (C=O) groups excluding carboxylic acids is 2. The van der Waals surface area contributed by atoms with Gasteiger partial charge in [0.1, 0.15) is 11.6 Å². The molecule has 1 N–H and O–H groups in total. The van der Waals surface area contributed by atoms with Gasteiger partial charge in [-0.15, -0.1) is 0 Å². The summed E-state index contributed by atoms with van der Waals surface area (Å²) in [5.41, 5.74) is 0.909. The monoisotopic (exact) mass is 411 g/mol. The van der Waals surface area contributed by atoms with E-state index >= 15 is 0 Å². The molecule has 0 aliphatic heterocycles. The number of esters is 1. The van der Waals surface area contributed by atoms with Crippen molar-refractivity contribution in [3.05, 3.63) is 69.7 Å². The van der Waals surface area contributed by atoms with Crippen molar-refractivity contribution in [3.8, 4) is 0 Å². The number of rotatable bonds is 6. The number of nitrogens with one attached hydrogen (secondary N) is 1. The SMILES string of the molecule is C[C@@H](NC(=O)COC(=O)Cc1ccc(Br)cc1)c1ccc(F)cc1F. The maximum Gasteiger partial charge on any atom is 0.310 e. The molecule has 0 aliphatic carbocycles. The first-order valence-electron chi connectivity index (χ1n) is 7.49. The van der Waals surface area contributed by atoms with Crippen LogP contribution in [0.2, 0.25) is 0 Å². The van der Waals surface area contributed by atoms with Gasteiger partial charge in [0, 0.05) is 16.1 Å². The first kappa shape index (κ1) is 19.1. The molecule has 1 amide bonds. The average Bonchev–Trinajstić information content (AvgIpc) is 2.55. The molecule has 2 rings (SSSR count). The zero-order chi connectivity index (χ0) is 18.4. The lowest BCUT2D eigenvalue weighted by Crippen LogP contribution is -2.31. The van der Waals surface area contributed by atoms with E-state index in [-0.39, 0.29) is 12.0 Å². The Bertz CT molecular complexity index is 765. The second-order valence-electron chi connectivity index (χ2n) is 5.42. The topological polar surface area (TPSA) is 55.4 Å². The highest BCUT2D eigenvalue weighted by Gasteiger charge is 2.15. The van der Waals surface area contributed by atoms with Crippen LogP contribution >= 0.6 is 15.9 Å². The van der Waals surface area contributed by atoms with E-state index in [1.165, 1.54) is 6.07 Å². The third-order valence-corrected chi connectivity index (χ3v) is 3.96. The van der Waals surface area contributed by atoms with Crippen LogP contribution in [-0.4, -0.2) is 18.5 Å². The van der Waals surface area contributed by atoms with Crippen LogP contribution in [0, 0.1) is 11.6 Å². The molecule has 0 radical (unpaired) electrons. The third-order valence-electron chi connectivity index (χ3n) is 3.43. The van der Waals surface area contributed by atoms with Crippen LogP contribution in [0.15, 0.2) is 46.9 Å². The normalized spacial score (nSPS) is 11.7. The minimum atomic E-state index is -0.750. The summed E-state index contributed by atoms with van der Waals surface area (Å²) in [7, 11) is 0.